The van der Waals surface area contributed by atoms with E-state index < -0.39 is 28.0 Å². The molecule has 0 bridgehead atoms. The van der Waals surface area contributed by atoms with Gasteiger partial charge in [0.05, 0.1) is 22.5 Å². The van der Waals surface area contributed by atoms with Crippen LogP contribution in [0.25, 0.3) is 5.57 Å². The van der Waals surface area contributed by atoms with Crippen LogP contribution in [0.1, 0.15) is 43.3 Å². The molecule has 5 rings (SSSR count). The van der Waals surface area contributed by atoms with Crippen molar-refractivity contribution in [3.63, 3.8) is 0 Å². The number of halogens is 2. The second-order valence-corrected chi connectivity index (χ2v) is 11.6. The van der Waals surface area contributed by atoms with Gasteiger partial charge in [0.1, 0.15) is 12.0 Å². The Morgan fingerprint density at radius 3 is 2.53 bits per heavy atom. The van der Waals surface area contributed by atoms with E-state index in [1.54, 1.807) is 30.3 Å². The SMILES string of the molecule is Cc1ccc(S(=O)(=O)N2CCc3c([nH]n(C4C=CC(C(C)(F)F)CN4)c3=O)C3=CCC(C)N=C32)cc1. The molecule has 11 heteroatoms. The molecule has 3 unspecified atom stereocenters. The van der Waals surface area contributed by atoms with Gasteiger partial charge in [-0.2, -0.15) is 0 Å². The van der Waals surface area contributed by atoms with E-state index in [9.17, 15) is 22.0 Å². The van der Waals surface area contributed by atoms with Crippen molar-refractivity contribution in [2.45, 2.75) is 56.6 Å². The summed E-state index contributed by atoms with van der Waals surface area (Å²) in [6.07, 6.45) is 5.07. The maximum atomic E-state index is 13.7. The number of hydrogen-bond donors (Lipinski definition) is 2. The van der Waals surface area contributed by atoms with Gasteiger partial charge in [0, 0.05) is 24.2 Å². The minimum atomic E-state index is -3.91. The summed E-state index contributed by atoms with van der Waals surface area (Å²) in [4.78, 5) is 18.3. The van der Waals surface area contributed by atoms with Gasteiger partial charge in [0.25, 0.3) is 21.5 Å². The number of hydrogen-bond acceptors (Lipinski definition) is 5. The van der Waals surface area contributed by atoms with Gasteiger partial charge in [-0.1, -0.05) is 29.8 Å². The maximum Gasteiger partial charge on any atom is 0.272 e. The normalized spacial score (nSPS) is 24.5. The van der Waals surface area contributed by atoms with Crippen LogP contribution in [-0.2, 0) is 16.4 Å². The van der Waals surface area contributed by atoms with Gasteiger partial charge >= 0.3 is 0 Å². The zero-order chi connectivity index (χ0) is 25.8. The van der Waals surface area contributed by atoms with Crippen molar-refractivity contribution in [2.75, 3.05) is 13.1 Å². The molecule has 8 nitrogen and oxygen atoms in total. The Morgan fingerprint density at radius 1 is 1.17 bits per heavy atom. The number of dihydropyridines is 1. The van der Waals surface area contributed by atoms with E-state index in [1.165, 1.54) is 15.1 Å². The lowest BCUT2D eigenvalue weighted by Gasteiger charge is -2.29. The number of aryl methyl sites for hydroxylation is 1. The van der Waals surface area contributed by atoms with Crippen LogP contribution in [0.4, 0.5) is 8.78 Å². The number of alkyl halides is 2. The number of benzene rings is 1. The Labute approximate surface area is 208 Å². The molecule has 1 aromatic carbocycles. The van der Waals surface area contributed by atoms with Crippen molar-refractivity contribution in [1.29, 1.82) is 0 Å². The van der Waals surface area contributed by atoms with Crippen LogP contribution in [-0.4, -0.2) is 53.4 Å². The number of H-pyrrole nitrogens is 1. The number of nitrogens with one attached hydrogen (secondary N) is 2. The lowest BCUT2D eigenvalue weighted by atomic mass is 9.99. The summed E-state index contributed by atoms with van der Waals surface area (Å²) in [6, 6.07) is 6.53. The third-order valence-electron chi connectivity index (χ3n) is 6.94. The molecule has 3 atom stereocenters. The van der Waals surface area contributed by atoms with Crippen LogP contribution in [0.2, 0.25) is 0 Å². The van der Waals surface area contributed by atoms with E-state index in [2.05, 4.69) is 10.4 Å². The molecule has 0 aliphatic carbocycles. The van der Waals surface area contributed by atoms with Gasteiger partial charge in [-0.25, -0.2) is 26.2 Å². The van der Waals surface area contributed by atoms with Crippen molar-refractivity contribution in [3.8, 4) is 0 Å². The highest BCUT2D eigenvalue weighted by molar-refractivity contribution is 7.89. The molecule has 3 aliphatic heterocycles. The fourth-order valence-electron chi connectivity index (χ4n) is 4.80. The first-order valence-electron chi connectivity index (χ1n) is 12.0. The molecule has 192 valence electrons. The van der Waals surface area contributed by atoms with Crippen LogP contribution in [0, 0.1) is 12.8 Å². The van der Waals surface area contributed by atoms with Gasteiger partial charge in [-0.05, 0) is 51.8 Å². The fourth-order valence-corrected chi connectivity index (χ4v) is 6.24. The summed E-state index contributed by atoms with van der Waals surface area (Å²) < 4.78 is 57.4. The topological polar surface area (TPSA) is 99.6 Å². The number of aliphatic imine (C=N–C) groups is 1. The molecule has 0 amide bonds. The highest BCUT2D eigenvalue weighted by Crippen LogP contribution is 2.33. The molecular weight excluding hydrogens is 488 g/mol. The number of rotatable bonds is 4. The average Bonchev–Trinajstić information content (AvgIpc) is 3.05. The van der Waals surface area contributed by atoms with Crippen molar-refractivity contribution < 1.29 is 17.2 Å². The minimum Gasteiger partial charge on any atom is -0.293 e. The third kappa shape index (κ3) is 4.24. The summed E-state index contributed by atoms with van der Waals surface area (Å²) in [7, 11) is -3.91. The molecule has 2 aromatic rings. The standard InChI is InChI=1S/C25H29F2N5O3S/c1-15-4-8-18(9-5-15)36(34,35)31-13-12-20-22(19-10-6-16(2)29-23(19)31)30-32(24(20)33)21-11-7-17(14-28-21)25(3,26)27/h4-5,7-11,16-17,21,28,30H,6,12-14H2,1-3H3. The molecule has 2 N–H and O–H groups in total. The van der Waals surface area contributed by atoms with Gasteiger partial charge < -0.3 is 0 Å². The number of sulfonamides is 1. The van der Waals surface area contributed by atoms with Gasteiger partial charge in [-0.15, -0.1) is 0 Å². The van der Waals surface area contributed by atoms with E-state index in [0.29, 0.717) is 29.1 Å². The molecule has 1 aromatic heterocycles. The van der Waals surface area contributed by atoms with Gasteiger partial charge in [0.2, 0.25) is 0 Å². The molecule has 3 aliphatic rings. The second kappa shape index (κ2) is 8.81. The summed E-state index contributed by atoms with van der Waals surface area (Å²) in [5.41, 5.74) is 2.16. The minimum absolute atomic E-state index is 0.0241. The van der Waals surface area contributed by atoms with Crippen LogP contribution in [0.15, 0.2) is 57.2 Å². The average molecular weight is 518 g/mol. The summed E-state index contributed by atoms with van der Waals surface area (Å²) in [5, 5.41) is 6.14. The van der Waals surface area contributed by atoms with E-state index >= 15 is 0 Å². The molecule has 0 fully saturated rings. The molecule has 0 saturated carbocycles. The lowest BCUT2D eigenvalue weighted by Crippen LogP contribution is -2.42. The van der Waals surface area contributed by atoms with Crippen molar-refractivity contribution in [1.82, 2.24) is 19.4 Å². The number of aromatic nitrogens is 2. The first-order valence-corrected chi connectivity index (χ1v) is 13.4. The third-order valence-corrected chi connectivity index (χ3v) is 8.74. The summed E-state index contributed by atoms with van der Waals surface area (Å²) in [5.74, 6) is -3.52. The largest absolute Gasteiger partial charge is 0.293 e. The van der Waals surface area contributed by atoms with Crippen LogP contribution >= 0.6 is 0 Å². The van der Waals surface area contributed by atoms with Crippen LogP contribution < -0.4 is 10.9 Å². The maximum absolute atomic E-state index is 13.7. The monoisotopic (exact) mass is 517 g/mol. The Balaban J connectivity index is 1.54. The van der Waals surface area contributed by atoms with Gasteiger partial charge in [0.15, 0.2) is 0 Å². The van der Waals surface area contributed by atoms with Crippen molar-refractivity contribution in [3.05, 3.63) is 69.7 Å². The zero-order valence-corrected chi connectivity index (χ0v) is 21.1. The predicted octanol–water partition coefficient (Wildman–Crippen LogP) is 3.24. The molecule has 36 heavy (non-hydrogen) atoms. The highest BCUT2D eigenvalue weighted by atomic mass is 32.2. The summed E-state index contributed by atoms with van der Waals surface area (Å²) >= 11 is 0. The quantitative estimate of drug-likeness (QED) is 0.609. The smallest absolute Gasteiger partial charge is 0.272 e. The van der Waals surface area contributed by atoms with E-state index in [-0.39, 0.29) is 36.0 Å². The fraction of sp³-hybridized carbons (Fsp3) is 0.440. The first kappa shape index (κ1) is 24.6. The molecule has 0 spiro atoms. The van der Waals surface area contributed by atoms with E-state index in [4.69, 9.17) is 4.99 Å². The molecule has 0 saturated heterocycles. The number of nitrogens with zero attached hydrogens (tertiary/aromatic N) is 3. The van der Waals surface area contributed by atoms with E-state index in [0.717, 1.165) is 12.5 Å². The van der Waals surface area contributed by atoms with Gasteiger partial charge in [-0.3, -0.25) is 20.2 Å². The molecular formula is C25H29F2N5O3S. The Kier molecular flexibility index (Phi) is 6.03. The number of fused-ring (bicyclic) bond motifs is 3. The predicted molar refractivity (Wildman–Crippen MR) is 134 cm³/mol. The van der Waals surface area contributed by atoms with Crippen molar-refractivity contribution in [2.24, 2.45) is 10.9 Å². The Bertz CT molecular complexity index is 1430. The summed E-state index contributed by atoms with van der Waals surface area (Å²) in [6.45, 7) is 4.75. The molecule has 4 heterocycles. The van der Waals surface area contributed by atoms with Crippen LogP contribution in [0.3, 0.4) is 0 Å². The Morgan fingerprint density at radius 2 is 1.89 bits per heavy atom. The van der Waals surface area contributed by atoms with Crippen molar-refractivity contribution >= 4 is 21.4 Å². The lowest BCUT2D eigenvalue weighted by molar-refractivity contribution is -0.0237. The second-order valence-electron chi connectivity index (χ2n) is 9.74. The Hall–Kier alpha value is -3.05. The number of aromatic amines is 1. The zero-order valence-electron chi connectivity index (χ0n) is 20.3. The first-order chi connectivity index (χ1) is 17.0. The highest BCUT2D eigenvalue weighted by Gasteiger charge is 2.38. The number of amidine groups is 1. The van der Waals surface area contributed by atoms with Crippen LogP contribution in [0.5, 0.6) is 0 Å². The molecule has 0 radical (unpaired) electrons. The van der Waals surface area contributed by atoms with E-state index in [1.807, 2.05) is 19.9 Å².